The Labute approximate surface area is 142 Å². The van der Waals surface area contributed by atoms with Crippen molar-refractivity contribution in [2.75, 3.05) is 39.5 Å². The molecule has 5 nitrogen and oxygen atoms in total. The Morgan fingerprint density at radius 3 is 2.81 bits per heavy atom. The van der Waals surface area contributed by atoms with Crippen molar-refractivity contribution < 1.29 is 9.57 Å². The Morgan fingerprint density at radius 2 is 2.14 bits per heavy atom. The minimum atomic E-state index is 0. The summed E-state index contributed by atoms with van der Waals surface area (Å²) < 4.78 is 5.29. The van der Waals surface area contributed by atoms with Gasteiger partial charge in [0.2, 0.25) is 0 Å². The van der Waals surface area contributed by atoms with Gasteiger partial charge in [-0.3, -0.25) is 9.88 Å². The van der Waals surface area contributed by atoms with E-state index in [4.69, 9.17) is 21.2 Å². The fourth-order valence-electron chi connectivity index (χ4n) is 1.82. The van der Waals surface area contributed by atoms with Gasteiger partial charge >= 0.3 is 0 Å². The summed E-state index contributed by atoms with van der Waals surface area (Å²) in [6.07, 6.45) is 4.28. The maximum Gasteiger partial charge on any atom is 0.177 e. The Morgan fingerprint density at radius 1 is 1.38 bits per heavy atom. The van der Waals surface area contributed by atoms with Crippen LogP contribution in [0.15, 0.2) is 29.7 Å². The first-order valence-electron chi connectivity index (χ1n) is 6.42. The van der Waals surface area contributed by atoms with Gasteiger partial charge < -0.3 is 9.57 Å². The minimum Gasteiger partial charge on any atom is -0.395 e. The van der Waals surface area contributed by atoms with E-state index in [0.29, 0.717) is 11.8 Å². The summed E-state index contributed by atoms with van der Waals surface area (Å²) in [5.74, 6) is 0. The zero-order chi connectivity index (χ0) is 13.3. The van der Waals surface area contributed by atoms with Gasteiger partial charge in [-0.25, -0.2) is 0 Å². The van der Waals surface area contributed by atoms with Gasteiger partial charge in [0, 0.05) is 37.6 Å². The molecule has 0 aliphatic carbocycles. The highest BCUT2D eigenvalue weighted by Crippen LogP contribution is 2.04. The Bertz CT molecular complexity index is 401. The summed E-state index contributed by atoms with van der Waals surface area (Å²) >= 11 is 5.99. The monoisotopic (exact) mass is 355 g/mol. The molecule has 1 fully saturated rings. The third kappa shape index (κ3) is 7.83. The summed E-state index contributed by atoms with van der Waals surface area (Å²) in [4.78, 5) is 11.5. The maximum absolute atomic E-state index is 5.99. The topological polar surface area (TPSA) is 47.0 Å². The SMILES string of the molecule is Cl.Cl.ClC(=NOCCCN1CCOCC1)c1cccnc1. The molecule has 1 aromatic heterocycles. The molecule has 1 aromatic rings. The highest BCUT2D eigenvalue weighted by molar-refractivity contribution is 6.69. The maximum atomic E-state index is 5.99. The average Bonchev–Trinajstić information content (AvgIpc) is 2.49. The largest absolute Gasteiger partial charge is 0.395 e. The second kappa shape index (κ2) is 12.0. The molecule has 1 aliphatic heterocycles. The quantitative estimate of drug-likeness (QED) is 0.446. The first-order valence-corrected chi connectivity index (χ1v) is 6.80. The molecule has 0 atom stereocenters. The van der Waals surface area contributed by atoms with Gasteiger partial charge in [-0.05, 0) is 18.6 Å². The number of hydrogen-bond donors (Lipinski definition) is 0. The fraction of sp³-hybridized carbons (Fsp3) is 0.538. The molecule has 2 heterocycles. The van der Waals surface area contributed by atoms with Gasteiger partial charge in [0.25, 0.3) is 0 Å². The van der Waals surface area contributed by atoms with E-state index in [1.807, 2.05) is 12.1 Å². The van der Waals surface area contributed by atoms with E-state index in [0.717, 1.165) is 44.8 Å². The van der Waals surface area contributed by atoms with Crippen molar-refractivity contribution in [3.05, 3.63) is 30.1 Å². The predicted octanol–water partition coefficient (Wildman–Crippen LogP) is 2.56. The zero-order valence-corrected chi connectivity index (χ0v) is 14.0. The molecule has 0 spiro atoms. The molecule has 0 unspecified atom stereocenters. The predicted molar refractivity (Wildman–Crippen MR) is 89.0 cm³/mol. The number of aromatic nitrogens is 1. The lowest BCUT2D eigenvalue weighted by atomic mass is 10.3. The van der Waals surface area contributed by atoms with E-state index in [9.17, 15) is 0 Å². The summed E-state index contributed by atoms with van der Waals surface area (Å²) in [6, 6.07) is 3.65. The summed E-state index contributed by atoms with van der Waals surface area (Å²) in [5, 5.41) is 4.21. The Balaban J connectivity index is 0.00000200. The fourth-order valence-corrected chi connectivity index (χ4v) is 1.98. The van der Waals surface area contributed by atoms with E-state index < -0.39 is 0 Å². The van der Waals surface area contributed by atoms with E-state index in [-0.39, 0.29) is 24.8 Å². The van der Waals surface area contributed by atoms with Gasteiger partial charge in [-0.2, -0.15) is 0 Å². The van der Waals surface area contributed by atoms with Crippen LogP contribution in [0.3, 0.4) is 0 Å². The summed E-state index contributed by atoms with van der Waals surface area (Å²) in [6.45, 7) is 5.22. The van der Waals surface area contributed by atoms with Gasteiger partial charge in [-0.1, -0.05) is 16.8 Å². The molecule has 120 valence electrons. The van der Waals surface area contributed by atoms with Crippen LogP contribution in [0.4, 0.5) is 0 Å². The van der Waals surface area contributed by atoms with Gasteiger partial charge in [-0.15, -0.1) is 24.8 Å². The van der Waals surface area contributed by atoms with E-state index in [2.05, 4.69) is 15.0 Å². The van der Waals surface area contributed by atoms with Crippen molar-refractivity contribution in [3.8, 4) is 0 Å². The smallest absolute Gasteiger partial charge is 0.177 e. The number of oxime groups is 1. The lowest BCUT2D eigenvalue weighted by Gasteiger charge is -2.26. The summed E-state index contributed by atoms with van der Waals surface area (Å²) in [5.41, 5.74) is 0.761. The normalized spacial score (nSPS) is 15.8. The molecule has 1 aliphatic rings. The highest BCUT2D eigenvalue weighted by atomic mass is 35.5. The van der Waals surface area contributed by atoms with Crippen molar-refractivity contribution in [3.63, 3.8) is 0 Å². The third-order valence-electron chi connectivity index (χ3n) is 2.86. The van der Waals surface area contributed by atoms with E-state index in [1.165, 1.54) is 0 Å². The van der Waals surface area contributed by atoms with Crippen LogP contribution in [0.25, 0.3) is 0 Å². The molecule has 0 saturated carbocycles. The molecular weight excluding hydrogens is 337 g/mol. The van der Waals surface area contributed by atoms with Crippen molar-refractivity contribution in [2.45, 2.75) is 6.42 Å². The standard InChI is InChI=1S/C13H18ClN3O2.2ClH/c14-13(12-3-1-4-15-11-12)16-19-8-2-5-17-6-9-18-10-7-17;;/h1,3-4,11H,2,5-10H2;2*1H. The van der Waals surface area contributed by atoms with Crippen LogP contribution in [0.1, 0.15) is 12.0 Å². The molecule has 0 N–H and O–H groups in total. The molecule has 0 radical (unpaired) electrons. The zero-order valence-electron chi connectivity index (χ0n) is 11.6. The second-order valence-corrected chi connectivity index (χ2v) is 4.62. The number of nitrogens with zero attached hydrogens (tertiary/aromatic N) is 3. The van der Waals surface area contributed by atoms with Crippen molar-refractivity contribution in [1.82, 2.24) is 9.88 Å². The average molecular weight is 357 g/mol. The first kappa shape index (κ1) is 20.4. The lowest BCUT2D eigenvalue weighted by molar-refractivity contribution is 0.0323. The van der Waals surface area contributed by atoms with E-state index >= 15 is 0 Å². The number of hydrogen-bond acceptors (Lipinski definition) is 5. The number of pyridine rings is 1. The number of morpholine rings is 1. The summed E-state index contributed by atoms with van der Waals surface area (Å²) in [7, 11) is 0. The van der Waals surface area contributed by atoms with Gasteiger partial charge in [0.15, 0.2) is 5.17 Å². The molecule has 0 amide bonds. The van der Waals surface area contributed by atoms with Crippen LogP contribution in [0, 0.1) is 0 Å². The Hall–Kier alpha value is -0.590. The number of ether oxygens (including phenoxy) is 1. The van der Waals surface area contributed by atoms with Crippen LogP contribution in [-0.2, 0) is 9.57 Å². The molecular formula is C13H20Cl3N3O2. The van der Waals surface area contributed by atoms with Crippen LogP contribution in [0.5, 0.6) is 0 Å². The molecule has 0 bridgehead atoms. The molecule has 1 saturated heterocycles. The van der Waals surface area contributed by atoms with Gasteiger partial charge in [0.05, 0.1) is 13.2 Å². The molecule has 8 heteroatoms. The number of rotatable bonds is 6. The van der Waals surface area contributed by atoms with Crippen LogP contribution >= 0.6 is 36.4 Å². The lowest BCUT2D eigenvalue weighted by Crippen LogP contribution is -2.37. The molecule has 21 heavy (non-hydrogen) atoms. The third-order valence-corrected chi connectivity index (χ3v) is 3.15. The van der Waals surface area contributed by atoms with Crippen molar-refractivity contribution in [1.29, 1.82) is 0 Å². The Kier molecular flexibility index (Phi) is 11.7. The van der Waals surface area contributed by atoms with Crippen molar-refractivity contribution in [2.24, 2.45) is 5.16 Å². The first-order chi connectivity index (χ1) is 9.36. The molecule has 0 aromatic carbocycles. The molecule has 2 rings (SSSR count). The van der Waals surface area contributed by atoms with Crippen LogP contribution in [0.2, 0.25) is 0 Å². The highest BCUT2D eigenvalue weighted by Gasteiger charge is 2.09. The number of halogens is 3. The van der Waals surface area contributed by atoms with Crippen LogP contribution < -0.4 is 0 Å². The van der Waals surface area contributed by atoms with Gasteiger partial charge in [0.1, 0.15) is 6.61 Å². The van der Waals surface area contributed by atoms with E-state index in [1.54, 1.807) is 12.4 Å². The minimum absolute atomic E-state index is 0. The second-order valence-electron chi connectivity index (χ2n) is 4.26. The van der Waals surface area contributed by atoms with Crippen molar-refractivity contribution >= 4 is 41.6 Å². The van der Waals surface area contributed by atoms with Crippen LogP contribution in [-0.4, -0.2) is 54.5 Å².